The number of carbonyl (C=O) groups excluding carboxylic acids is 1. The summed E-state index contributed by atoms with van der Waals surface area (Å²) in [6, 6.07) is 11.8. The van der Waals surface area contributed by atoms with Crippen LogP contribution in [0.2, 0.25) is 0 Å². The van der Waals surface area contributed by atoms with Crippen molar-refractivity contribution in [2.24, 2.45) is 0 Å². The first-order valence-corrected chi connectivity index (χ1v) is 7.34. The highest BCUT2D eigenvalue weighted by Crippen LogP contribution is 2.18. The lowest BCUT2D eigenvalue weighted by Gasteiger charge is -2.23. The number of halogens is 1. The summed E-state index contributed by atoms with van der Waals surface area (Å²) < 4.78 is 1.91. The molecule has 1 fully saturated rings. The van der Waals surface area contributed by atoms with Gasteiger partial charge >= 0.3 is 0 Å². The maximum atomic E-state index is 12.5. The number of hydrogen-bond donors (Lipinski definition) is 1. The summed E-state index contributed by atoms with van der Waals surface area (Å²) in [7, 11) is 1.78. The Morgan fingerprint density at radius 2 is 2.09 bits per heavy atom. The third-order valence-electron chi connectivity index (χ3n) is 3.92. The van der Waals surface area contributed by atoms with Crippen LogP contribution in [0.15, 0.2) is 42.6 Å². The van der Waals surface area contributed by atoms with Crippen LogP contribution in [0.5, 0.6) is 0 Å². The third-order valence-corrected chi connectivity index (χ3v) is 3.92. The Morgan fingerprint density at radius 3 is 2.77 bits per heavy atom. The number of nitrogens with one attached hydrogen (secondary N) is 1. The van der Waals surface area contributed by atoms with Crippen LogP contribution in [0.25, 0.3) is 0 Å². The lowest BCUT2D eigenvalue weighted by molar-refractivity contribution is 0.0987. The van der Waals surface area contributed by atoms with E-state index in [0.717, 1.165) is 31.6 Å². The zero-order valence-corrected chi connectivity index (χ0v) is 13.4. The van der Waals surface area contributed by atoms with Crippen molar-refractivity contribution in [2.45, 2.75) is 18.9 Å². The summed E-state index contributed by atoms with van der Waals surface area (Å²) in [5.74, 6) is -0.0799. The first-order chi connectivity index (χ1) is 10.3. The predicted octanol–water partition coefficient (Wildman–Crippen LogP) is 2.51. The number of hydrogen-bond acceptors (Lipinski definition) is 3. The Labute approximate surface area is 136 Å². The number of carbonyl (C=O) groups is 1. The number of para-hydroxylation sites is 1. The number of amides is 1. The van der Waals surface area contributed by atoms with E-state index < -0.39 is 0 Å². The molecule has 1 unspecified atom stereocenters. The summed E-state index contributed by atoms with van der Waals surface area (Å²) in [5.41, 5.74) is 1.36. The molecule has 1 N–H and O–H groups in total. The van der Waals surface area contributed by atoms with Crippen LogP contribution < -0.4 is 10.2 Å². The molecule has 3 rings (SSSR count). The van der Waals surface area contributed by atoms with Crippen molar-refractivity contribution in [3.8, 4) is 0 Å². The van der Waals surface area contributed by atoms with Gasteiger partial charge in [-0.1, -0.05) is 18.2 Å². The molecule has 1 saturated heterocycles. The molecule has 0 aliphatic carbocycles. The number of anilines is 1. The van der Waals surface area contributed by atoms with E-state index >= 15 is 0 Å². The molecule has 0 bridgehead atoms. The van der Waals surface area contributed by atoms with Crippen molar-refractivity contribution in [2.75, 3.05) is 25.0 Å². The van der Waals surface area contributed by atoms with Gasteiger partial charge in [-0.15, -0.1) is 12.4 Å². The number of nitrogens with zero attached hydrogens (tertiary/aromatic N) is 3. The molecule has 22 heavy (non-hydrogen) atoms. The smallest absolute Gasteiger partial charge is 0.278 e. The number of benzene rings is 1. The van der Waals surface area contributed by atoms with E-state index in [1.807, 2.05) is 41.2 Å². The second kappa shape index (κ2) is 7.42. The van der Waals surface area contributed by atoms with Gasteiger partial charge in [0.15, 0.2) is 5.69 Å². The van der Waals surface area contributed by atoms with Gasteiger partial charge in [0.25, 0.3) is 5.91 Å². The molecule has 0 radical (unpaired) electrons. The molecule has 1 aromatic carbocycles. The molecule has 1 aliphatic rings. The predicted molar refractivity (Wildman–Crippen MR) is 89.8 cm³/mol. The SMILES string of the molecule is CN(C(=O)c1ccn(C2CCCNC2)n1)c1ccccc1.Cl. The van der Waals surface area contributed by atoms with Gasteiger partial charge in [0.1, 0.15) is 0 Å². The van der Waals surface area contributed by atoms with Gasteiger partial charge in [-0.2, -0.15) is 5.10 Å². The highest BCUT2D eigenvalue weighted by atomic mass is 35.5. The highest BCUT2D eigenvalue weighted by molar-refractivity contribution is 6.04. The minimum Gasteiger partial charge on any atom is -0.315 e. The fourth-order valence-electron chi connectivity index (χ4n) is 2.66. The van der Waals surface area contributed by atoms with Crippen molar-refractivity contribution in [3.05, 3.63) is 48.3 Å². The summed E-state index contributed by atoms with van der Waals surface area (Å²) in [6.45, 7) is 1.99. The Morgan fingerprint density at radius 1 is 1.32 bits per heavy atom. The van der Waals surface area contributed by atoms with E-state index in [-0.39, 0.29) is 18.3 Å². The van der Waals surface area contributed by atoms with Crippen LogP contribution in [-0.4, -0.2) is 35.8 Å². The van der Waals surface area contributed by atoms with E-state index in [9.17, 15) is 4.79 Å². The van der Waals surface area contributed by atoms with Crippen molar-refractivity contribution in [3.63, 3.8) is 0 Å². The highest BCUT2D eigenvalue weighted by Gasteiger charge is 2.20. The van der Waals surface area contributed by atoms with Crippen molar-refractivity contribution in [1.82, 2.24) is 15.1 Å². The topological polar surface area (TPSA) is 50.2 Å². The molecule has 1 amide bonds. The zero-order chi connectivity index (χ0) is 14.7. The molecule has 1 aliphatic heterocycles. The number of piperidine rings is 1. The molecule has 5 nitrogen and oxygen atoms in total. The molecule has 118 valence electrons. The van der Waals surface area contributed by atoms with Crippen molar-refractivity contribution < 1.29 is 4.79 Å². The zero-order valence-electron chi connectivity index (χ0n) is 12.6. The van der Waals surface area contributed by atoms with E-state index in [1.54, 1.807) is 18.0 Å². The summed E-state index contributed by atoms with van der Waals surface area (Å²) in [5, 5.41) is 7.83. The summed E-state index contributed by atoms with van der Waals surface area (Å²) >= 11 is 0. The van der Waals surface area contributed by atoms with Gasteiger partial charge in [0.2, 0.25) is 0 Å². The second-order valence-electron chi connectivity index (χ2n) is 5.38. The minimum absolute atomic E-state index is 0. The van der Waals surface area contributed by atoms with Gasteiger partial charge in [-0.25, -0.2) is 0 Å². The summed E-state index contributed by atoms with van der Waals surface area (Å²) in [6.07, 6.45) is 4.16. The monoisotopic (exact) mass is 320 g/mol. The van der Waals surface area contributed by atoms with E-state index in [0.29, 0.717) is 11.7 Å². The van der Waals surface area contributed by atoms with Gasteiger partial charge in [0.05, 0.1) is 6.04 Å². The average Bonchev–Trinajstić information content (AvgIpc) is 3.05. The molecular weight excluding hydrogens is 300 g/mol. The molecule has 0 saturated carbocycles. The third kappa shape index (κ3) is 3.48. The Hall–Kier alpha value is -1.85. The van der Waals surface area contributed by atoms with Crippen LogP contribution in [0.4, 0.5) is 5.69 Å². The lowest BCUT2D eigenvalue weighted by Crippen LogP contribution is -2.32. The van der Waals surface area contributed by atoms with Gasteiger partial charge in [0, 0.05) is 25.5 Å². The Balaban J connectivity index is 0.00000176. The molecule has 2 aromatic rings. The first-order valence-electron chi connectivity index (χ1n) is 7.34. The van der Waals surface area contributed by atoms with Crippen molar-refractivity contribution >= 4 is 24.0 Å². The van der Waals surface area contributed by atoms with E-state index in [4.69, 9.17) is 0 Å². The van der Waals surface area contributed by atoms with Crippen LogP contribution in [0, 0.1) is 0 Å². The Bertz CT molecular complexity index is 608. The summed E-state index contributed by atoms with van der Waals surface area (Å²) in [4.78, 5) is 14.1. The molecule has 6 heteroatoms. The average molecular weight is 321 g/mol. The van der Waals surface area contributed by atoms with Gasteiger partial charge < -0.3 is 10.2 Å². The first kappa shape index (κ1) is 16.5. The second-order valence-corrected chi connectivity index (χ2v) is 5.38. The minimum atomic E-state index is -0.0799. The maximum Gasteiger partial charge on any atom is 0.278 e. The molecule has 2 heterocycles. The largest absolute Gasteiger partial charge is 0.315 e. The standard InChI is InChI=1S/C16H20N4O.ClH/c1-19(13-6-3-2-4-7-13)16(21)15-9-11-20(18-15)14-8-5-10-17-12-14;/h2-4,6-7,9,11,14,17H,5,8,10,12H2,1H3;1H. The van der Waals surface area contributed by atoms with E-state index in [2.05, 4.69) is 10.4 Å². The van der Waals surface area contributed by atoms with Gasteiger partial charge in [-0.05, 0) is 37.6 Å². The number of aromatic nitrogens is 2. The van der Waals surface area contributed by atoms with Gasteiger partial charge in [-0.3, -0.25) is 9.48 Å². The normalized spacial score (nSPS) is 17.6. The van der Waals surface area contributed by atoms with E-state index in [1.165, 1.54) is 0 Å². The molecule has 0 spiro atoms. The molecule has 1 atom stereocenters. The fourth-order valence-corrected chi connectivity index (χ4v) is 2.66. The lowest BCUT2D eigenvalue weighted by atomic mass is 10.1. The van der Waals surface area contributed by atoms with Crippen LogP contribution >= 0.6 is 12.4 Å². The number of rotatable bonds is 3. The maximum absolute atomic E-state index is 12.5. The Kier molecular flexibility index (Phi) is 5.57. The van der Waals surface area contributed by atoms with Crippen LogP contribution in [0.1, 0.15) is 29.4 Å². The quantitative estimate of drug-likeness (QED) is 0.945. The van der Waals surface area contributed by atoms with Crippen LogP contribution in [-0.2, 0) is 0 Å². The van der Waals surface area contributed by atoms with Crippen LogP contribution in [0.3, 0.4) is 0 Å². The fraction of sp³-hybridized carbons (Fsp3) is 0.375. The van der Waals surface area contributed by atoms with Crippen molar-refractivity contribution in [1.29, 1.82) is 0 Å². The molecular formula is C16H21ClN4O. The molecule has 1 aromatic heterocycles.